The molecule has 2 heterocycles. The van der Waals surface area contributed by atoms with Crippen LogP contribution in [0.5, 0.6) is 0 Å². The van der Waals surface area contributed by atoms with Crippen molar-refractivity contribution in [3.63, 3.8) is 0 Å². The van der Waals surface area contributed by atoms with Crippen LogP contribution in [0.25, 0.3) is 0 Å². The summed E-state index contributed by atoms with van der Waals surface area (Å²) in [6.45, 7) is 9.46. The van der Waals surface area contributed by atoms with Gasteiger partial charge in [0.1, 0.15) is 17.7 Å². The summed E-state index contributed by atoms with van der Waals surface area (Å²) in [5.41, 5.74) is 0. The topological polar surface area (TPSA) is 56.0 Å². The van der Waals surface area contributed by atoms with Gasteiger partial charge in [-0.25, -0.2) is 9.97 Å². The van der Waals surface area contributed by atoms with Crippen LogP contribution < -0.4 is 0 Å². The van der Waals surface area contributed by atoms with Gasteiger partial charge >= 0.3 is 0 Å². The first-order valence-electron chi connectivity index (χ1n) is 8.23. The number of hydrogen-bond donors (Lipinski definition) is 0. The number of aromatic nitrogens is 4. The summed E-state index contributed by atoms with van der Waals surface area (Å²) in [4.78, 5) is 23.6. The lowest BCUT2D eigenvalue weighted by Gasteiger charge is -2.27. The van der Waals surface area contributed by atoms with Crippen LogP contribution in [-0.4, -0.2) is 36.5 Å². The van der Waals surface area contributed by atoms with E-state index in [2.05, 4.69) is 30.7 Å². The molecule has 1 unspecified atom stereocenters. The largest absolute Gasteiger partial charge is 0.337 e. The Morgan fingerprint density at radius 3 is 2.48 bits per heavy atom. The van der Waals surface area contributed by atoms with E-state index in [1.54, 1.807) is 12.4 Å². The van der Waals surface area contributed by atoms with Crippen LogP contribution in [0.1, 0.15) is 57.7 Å². The molecule has 0 N–H and O–H groups in total. The molecule has 2 rings (SSSR count). The van der Waals surface area contributed by atoms with Gasteiger partial charge in [0.05, 0.1) is 6.54 Å². The van der Waals surface area contributed by atoms with Crippen LogP contribution in [0.2, 0.25) is 0 Å². The van der Waals surface area contributed by atoms with Gasteiger partial charge < -0.3 is 14.0 Å². The highest BCUT2D eigenvalue weighted by molar-refractivity contribution is 5.80. The molecule has 126 valence electrons. The number of carbonyl (C=O) groups is 1. The second kappa shape index (κ2) is 7.44. The maximum atomic E-state index is 13.0. The number of aryl methyl sites for hydroxylation is 1. The predicted molar refractivity (Wildman–Crippen MR) is 89.9 cm³/mol. The van der Waals surface area contributed by atoms with Gasteiger partial charge in [-0.3, -0.25) is 4.79 Å². The molecule has 0 aromatic carbocycles. The lowest BCUT2D eigenvalue weighted by molar-refractivity contribution is -0.135. The third-order valence-electron chi connectivity index (χ3n) is 4.05. The average molecular weight is 317 g/mol. The molecule has 2 aromatic heterocycles. The van der Waals surface area contributed by atoms with Crippen LogP contribution in [0.15, 0.2) is 24.8 Å². The third kappa shape index (κ3) is 3.81. The zero-order chi connectivity index (χ0) is 17.0. The summed E-state index contributed by atoms with van der Waals surface area (Å²) >= 11 is 0. The number of rotatable bonds is 7. The van der Waals surface area contributed by atoms with Crippen molar-refractivity contribution < 1.29 is 4.79 Å². The minimum absolute atomic E-state index is 0.106. The van der Waals surface area contributed by atoms with Crippen LogP contribution in [0.4, 0.5) is 0 Å². The third-order valence-corrected chi connectivity index (χ3v) is 4.05. The fraction of sp³-hybridized carbons (Fsp3) is 0.588. The van der Waals surface area contributed by atoms with Gasteiger partial charge in [0.15, 0.2) is 0 Å². The Morgan fingerprint density at radius 2 is 1.91 bits per heavy atom. The Morgan fingerprint density at radius 1 is 1.22 bits per heavy atom. The molecule has 1 atom stereocenters. The fourth-order valence-electron chi connectivity index (χ4n) is 2.74. The number of amides is 1. The summed E-state index contributed by atoms with van der Waals surface area (Å²) in [6, 6.07) is -0.262. The number of nitrogens with zero attached hydrogens (tertiary/aromatic N) is 5. The lowest BCUT2D eigenvalue weighted by Crippen LogP contribution is -2.37. The maximum Gasteiger partial charge on any atom is 0.245 e. The van der Waals surface area contributed by atoms with Crippen molar-refractivity contribution in [2.24, 2.45) is 7.05 Å². The molecule has 0 aliphatic rings. The Bertz CT molecular complexity index is 643. The van der Waals surface area contributed by atoms with Crippen LogP contribution in [0, 0.1) is 0 Å². The zero-order valence-corrected chi connectivity index (χ0v) is 14.7. The van der Waals surface area contributed by atoms with E-state index < -0.39 is 0 Å². The first-order valence-corrected chi connectivity index (χ1v) is 8.23. The number of hydrogen-bond acceptors (Lipinski definition) is 3. The van der Waals surface area contributed by atoms with Crippen molar-refractivity contribution >= 4 is 5.91 Å². The molecule has 6 heteroatoms. The van der Waals surface area contributed by atoms with Crippen molar-refractivity contribution in [1.82, 2.24) is 24.0 Å². The van der Waals surface area contributed by atoms with Gasteiger partial charge in [-0.1, -0.05) is 20.8 Å². The molecule has 1 amide bonds. The van der Waals surface area contributed by atoms with Gasteiger partial charge in [-0.15, -0.1) is 0 Å². The average Bonchev–Trinajstić information content (AvgIpc) is 3.15. The second-order valence-electron chi connectivity index (χ2n) is 6.24. The zero-order valence-electron chi connectivity index (χ0n) is 14.7. The monoisotopic (exact) mass is 317 g/mol. The maximum absolute atomic E-state index is 13.0. The van der Waals surface area contributed by atoms with Gasteiger partial charge in [0.25, 0.3) is 0 Å². The van der Waals surface area contributed by atoms with E-state index in [1.165, 1.54) is 0 Å². The molecule has 0 bridgehead atoms. The molecule has 2 aromatic rings. The SMILES string of the molecule is CCCN(Cc1nccn1C)C(=O)C(C)n1ccnc1C(C)C. The fourth-order valence-corrected chi connectivity index (χ4v) is 2.74. The minimum Gasteiger partial charge on any atom is -0.337 e. The highest BCUT2D eigenvalue weighted by Gasteiger charge is 2.24. The van der Waals surface area contributed by atoms with E-state index in [9.17, 15) is 4.79 Å². The summed E-state index contributed by atoms with van der Waals surface area (Å²) in [5.74, 6) is 2.23. The molecule has 0 fully saturated rings. The molecule has 6 nitrogen and oxygen atoms in total. The molecule has 0 aliphatic heterocycles. The first kappa shape index (κ1) is 17.2. The van der Waals surface area contributed by atoms with E-state index >= 15 is 0 Å². The molecule has 0 saturated heterocycles. The quantitative estimate of drug-likeness (QED) is 0.789. The smallest absolute Gasteiger partial charge is 0.245 e. The van der Waals surface area contributed by atoms with Gasteiger partial charge in [0.2, 0.25) is 5.91 Å². The number of imidazole rings is 2. The molecule has 0 saturated carbocycles. The minimum atomic E-state index is -0.262. The standard InChI is InChI=1S/C17H27N5O/c1-6-9-21(12-15-18-7-10-20(15)5)17(23)14(4)22-11-8-19-16(22)13(2)3/h7-8,10-11,13-14H,6,9,12H2,1-5H3. The van der Waals surface area contributed by atoms with E-state index in [0.717, 1.165) is 24.6 Å². The van der Waals surface area contributed by atoms with Crippen molar-refractivity contribution in [2.75, 3.05) is 6.54 Å². The van der Waals surface area contributed by atoms with Gasteiger partial charge in [-0.2, -0.15) is 0 Å². The molecule has 0 radical (unpaired) electrons. The Kier molecular flexibility index (Phi) is 5.58. The normalized spacial score (nSPS) is 12.6. The molecular formula is C17H27N5O. The Labute approximate surface area is 138 Å². The first-order chi connectivity index (χ1) is 11.0. The highest BCUT2D eigenvalue weighted by atomic mass is 16.2. The number of carbonyl (C=O) groups excluding carboxylic acids is 1. The molecule has 23 heavy (non-hydrogen) atoms. The Balaban J connectivity index is 2.19. The van der Waals surface area contributed by atoms with Crippen LogP contribution in [0.3, 0.4) is 0 Å². The predicted octanol–water partition coefficient (Wildman–Crippen LogP) is 2.74. The van der Waals surface area contributed by atoms with E-state index in [1.807, 2.05) is 40.4 Å². The van der Waals surface area contributed by atoms with E-state index in [-0.39, 0.29) is 17.9 Å². The van der Waals surface area contributed by atoms with Gasteiger partial charge in [-0.05, 0) is 13.3 Å². The van der Waals surface area contributed by atoms with Gasteiger partial charge in [0, 0.05) is 44.3 Å². The molecule has 0 spiro atoms. The molecular weight excluding hydrogens is 290 g/mol. The summed E-state index contributed by atoms with van der Waals surface area (Å²) in [7, 11) is 1.95. The second-order valence-corrected chi connectivity index (χ2v) is 6.24. The van der Waals surface area contributed by atoms with Crippen molar-refractivity contribution in [2.45, 2.75) is 52.6 Å². The van der Waals surface area contributed by atoms with Crippen molar-refractivity contribution in [1.29, 1.82) is 0 Å². The summed E-state index contributed by atoms with van der Waals surface area (Å²) in [5, 5.41) is 0. The highest BCUT2D eigenvalue weighted by Crippen LogP contribution is 2.19. The lowest BCUT2D eigenvalue weighted by atomic mass is 10.2. The Hall–Kier alpha value is -2.11. The van der Waals surface area contributed by atoms with Crippen molar-refractivity contribution in [3.05, 3.63) is 36.4 Å². The van der Waals surface area contributed by atoms with E-state index in [4.69, 9.17) is 0 Å². The van der Waals surface area contributed by atoms with Crippen LogP contribution >= 0.6 is 0 Å². The summed E-state index contributed by atoms with van der Waals surface area (Å²) in [6.07, 6.45) is 8.24. The van der Waals surface area contributed by atoms with Crippen molar-refractivity contribution in [3.8, 4) is 0 Å². The van der Waals surface area contributed by atoms with E-state index in [0.29, 0.717) is 6.54 Å². The molecule has 0 aliphatic carbocycles. The summed E-state index contributed by atoms with van der Waals surface area (Å²) < 4.78 is 3.94. The van der Waals surface area contributed by atoms with Crippen LogP contribution in [-0.2, 0) is 18.4 Å².